The summed E-state index contributed by atoms with van der Waals surface area (Å²) in [5.74, 6) is 0.135. The fourth-order valence-electron chi connectivity index (χ4n) is 2.36. The second-order valence-corrected chi connectivity index (χ2v) is 7.14. The van der Waals surface area contributed by atoms with Gasteiger partial charge >= 0.3 is 5.97 Å². The van der Waals surface area contributed by atoms with Gasteiger partial charge in [0.05, 0.1) is 18.4 Å². The van der Waals surface area contributed by atoms with Gasteiger partial charge in [-0.25, -0.2) is 4.79 Å². The molecule has 1 N–H and O–H groups in total. The summed E-state index contributed by atoms with van der Waals surface area (Å²) in [6.45, 7) is 2.65. The standard InChI is InChI=1S/C17H17N5O3S2/c1-3-22-14(11-5-4-7-18-9-11)20-21-17(22)27-10-13(23)19-15-12(6-8-26-15)16(24)25-2/h4-9H,3,10H2,1-2H3,(H,19,23). The highest BCUT2D eigenvalue weighted by Crippen LogP contribution is 2.26. The van der Waals surface area contributed by atoms with E-state index in [2.05, 4.69) is 20.5 Å². The number of esters is 1. The minimum atomic E-state index is -0.481. The molecular weight excluding hydrogens is 386 g/mol. The summed E-state index contributed by atoms with van der Waals surface area (Å²) in [7, 11) is 1.30. The number of thiophene rings is 1. The third kappa shape index (κ3) is 4.34. The number of thioether (sulfide) groups is 1. The number of methoxy groups -OCH3 is 1. The van der Waals surface area contributed by atoms with Crippen molar-refractivity contribution in [3.8, 4) is 11.4 Å². The number of pyridine rings is 1. The molecule has 0 saturated heterocycles. The summed E-state index contributed by atoms with van der Waals surface area (Å²) in [4.78, 5) is 28.1. The number of nitrogens with one attached hydrogen (secondary N) is 1. The zero-order valence-corrected chi connectivity index (χ0v) is 16.3. The van der Waals surface area contributed by atoms with Gasteiger partial charge in [0.25, 0.3) is 0 Å². The lowest BCUT2D eigenvalue weighted by atomic mass is 10.3. The summed E-state index contributed by atoms with van der Waals surface area (Å²) in [5.41, 5.74) is 1.21. The van der Waals surface area contributed by atoms with Crippen LogP contribution in [0.3, 0.4) is 0 Å². The maximum absolute atomic E-state index is 12.3. The highest BCUT2D eigenvalue weighted by molar-refractivity contribution is 7.99. The number of aromatic nitrogens is 4. The molecule has 0 aliphatic carbocycles. The zero-order chi connectivity index (χ0) is 19.2. The van der Waals surface area contributed by atoms with Crippen molar-refractivity contribution in [1.82, 2.24) is 19.7 Å². The van der Waals surface area contributed by atoms with Crippen LogP contribution in [0, 0.1) is 0 Å². The number of ether oxygens (including phenoxy) is 1. The third-order valence-corrected chi connectivity index (χ3v) is 5.41. The summed E-state index contributed by atoms with van der Waals surface area (Å²) in [6, 6.07) is 5.37. The smallest absolute Gasteiger partial charge is 0.340 e. The van der Waals surface area contributed by atoms with Crippen LogP contribution < -0.4 is 5.32 Å². The second kappa shape index (κ2) is 8.78. The van der Waals surface area contributed by atoms with Crippen molar-refractivity contribution >= 4 is 40.0 Å². The van der Waals surface area contributed by atoms with Crippen molar-refractivity contribution in [2.24, 2.45) is 0 Å². The minimum Gasteiger partial charge on any atom is -0.465 e. The first-order chi connectivity index (χ1) is 13.1. The van der Waals surface area contributed by atoms with E-state index < -0.39 is 5.97 Å². The molecule has 0 aliphatic heterocycles. The predicted molar refractivity (Wildman–Crippen MR) is 104 cm³/mol. The molecule has 0 spiro atoms. The van der Waals surface area contributed by atoms with Gasteiger partial charge in [0.2, 0.25) is 5.91 Å². The van der Waals surface area contributed by atoms with E-state index in [1.165, 1.54) is 30.2 Å². The molecule has 0 saturated carbocycles. The van der Waals surface area contributed by atoms with Gasteiger partial charge in [-0.2, -0.15) is 0 Å². The Kier molecular flexibility index (Phi) is 6.20. The van der Waals surface area contributed by atoms with Gasteiger partial charge in [-0.15, -0.1) is 21.5 Å². The van der Waals surface area contributed by atoms with Crippen LogP contribution in [0.1, 0.15) is 17.3 Å². The lowest BCUT2D eigenvalue weighted by molar-refractivity contribution is -0.113. The van der Waals surface area contributed by atoms with Crippen molar-refractivity contribution in [3.05, 3.63) is 41.5 Å². The Bertz CT molecular complexity index is 939. The van der Waals surface area contributed by atoms with Gasteiger partial charge in [-0.05, 0) is 30.5 Å². The average Bonchev–Trinajstić information content (AvgIpc) is 3.32. The van der Waals surface area contributed by atoms with Crippen LogP contribution >= 0.6 is 23.1 Å². The number of amides is 1. The molecule has 140 valence electrons. The highest BCUT2D eigenvalue weighted by Gasteiger charge is 2.17. The Hall–Kier alpha value is -2.72. The average molecular weight is 403 g/mol. The minimum absolute atomic E-state index is 0.143. The molecule has 0 atom stereocenters. The largest absolute Gasteiger partial charge is 0.465 e. The van der Waals surface area contributed by atoms with Gasteiger partial charge in [0.1, 0.15) is 5.00 Å². The fraction of sp³-hybridized carbons (Fsp3) is 0.235. The van der Waals surface area contributed by atoms with Crippen molar-refractivity contribution in [1.29, 1.82) is 0 Å². The van der Waals surface area contributed by atoms with E-state index in [0.29, 0.717) is 28.1 Å². The van der Waals surface area contributed by atoms with Crippen molar-refractivity contribution in [2.45, 2.75) is 18.6 Å². The molecule has 3 heterocycles. The maximum atomic E-state index is 12.3. The maximum Gasteiger partial charge on any atom is 0.340 e. The number of nitrogens with zero attached hydrogens (tertiary/aromatic N) is 4. The van der Waals surface area contributed by atoms with Gasteiger partial charge in [0.15, 0.2) is 11.0 Å². The van der Waals surface area contributed by atoms with Gasteiger partial charge < -0.3 is 14.6 Å². The van der Waals surface area contributed by atoms with E-state index in [1.807, 2.05) is 23.6 Å². The third-order valence-electron chi connectivity index (χ3n) is 3.61. The Labute approximate surface area is 164 Å². The van der Waals surface area contributed by atoms with Crippen LogP contribution in [0.2, 0.25) is 0 Å². The van der Waals surface area contributed by atoms with Crippen molar-refractivity contribution < 1.29 is 14.3 Å². The van der Waals surface area contributed by atoms with Crippen LogP contribution in [-0.4, -0.2) is 44.5 Å². The SMILES string of the molecule is CCn1c(SCC(=O)Nc2sccc2C(=O)OC)nnc1-c1cccnc1. The zero-order valence-electron chi connectivity index (χ0n) is 14.7. The number of carbonyl (C=O) groups excluding carboxylic acids is 2. The van der Waals surface area contributed by atoms with Crippen LogP contribution in [0.25, 0.3) is 11.4 Å². The lowest BCUT2D eigenvalue weighted by Crippen LogP contribution is -2.16. The quantitative estimate of drug-likeness (QED) is 0.478. The van der Waals surface area contributed by atoms with Gasteiger partial charge in [0, 0.05) is 24.5 Å². The topological polar surface area (TPSA) is 99.0 Å². The molecule has 1 amide bonds. The first-order valence-electron chi connectivity index (χ1n) is 8.06. The summed E-state index contributed by atoms with van der Waals surface area (Å²) < 4.78 is 6.64. The molecule has 0 radical (unpaired) electrons. The molecule has 3 aromatic rings. The first-order valence-corrected chi connectivity index (χ1v) is 9.92. The normalized spacial score (nSPS) is 10.6. The van der Waals surface area contributed by atoms with E-state index in [4.69, 9.17) is 4.74 Å². The van der Waals surface area contributed by atoms with Crippen LogP contribution in [-0.2, 0) is 16.1 Å². The van der Waals surface area contributed by atoms with Crippen LogP contribution in [0.4, 0.5) is 5.00 Å². The van der Waals surface area contributed by atoms with Gasteiger partial charge in [-0.1, -0.05) is 11.8 Å². The molecule has 8 nitrogen and oxygen atoms in total. The van der Waals surface area contributed by atoms with E-state index in [9.17, 15) is 9.59 Å². The summed E-state index contributed by atoms with van der Waals surface area (Å²) in [6.07, 6.45) is 3.42. The molecule has 0 unspecified atom stereocenters. The molecule has 0 bridgehead atoms. The Morgan fingerprint density at radius 1 is 1.33 bits per heavy atom. The Morgan fingerprint density at radius 2 is 2.19 bits per heavy atom. The Morgan fingerprint density at radius 3 is 2.89 bits per heavy atom. The molecule has 27 heavy (non-hydrogen) atoms. The lowest BCUT2D eigenvalue weighted by Gasteiger charge is -2.07. The Balaban J connectivity index is 1.67. The van der Waals surface area contributed by atoms with Crippen LogP contribution in [0.15, 0.2) is 41.1 Å². The van der Waals surface area contributed by atoms with E-state index >= 15 is 0 Å². The van der Waals surface area contributed by atoms with Crippen LogP contribution in [0.5, 0.6) is 0 Å². The van der Waals surface area contributed by atoms with Gasteiger partial charge in [-0.3, -0.25) is 9.78 Å². The number of anilines is 1. The fourth-order valence-corrected chi connectivity index (χ4v) is 3.95. The van der Waals surface area contributed by atoms with E-state index in [1.54, 1.807) is 23.8 Å². The monoisotopic (exact) mass is 403 g/mol. The van der Waals surface area contributed by atoms with Crippen molar-refractivity contribution in [2.75, 3.05) is 18.2 Å². The summed E-state index contributed by atoms with van der Waals surface area (Å²) >= 11 is 2.55. The molecule has 0 aromatic carbocycles. The molecular formula is C17H17N5O3S2. The highest BCUT2D eigenvalue weighted by atomic mass is 32.2. The number of hydrogen-bond acceptors (Lipinski definition) is 8. The molecule has 3 rings (SSSR count). The summed E-state index contributed by atoms with van der Waals surface area (Å²) in [5, 5.41) is 14.0. The van der Waals surface area contributed by atoms with E-state index in [-0.39, 0.29) is 11.7 Å². The molecule has 0 aliphatic rings. The second-order valence-electron chi connectivity index (χ2n) is 5.28. The molecule has 10 heteroatoms. The van der Waals surface area contributed by atoms with Crippen molar-refractivity contribution in [3.63, 3.8) is 0 Å². The number of rotatable bonds is 7. The number of carbonyl (C=O) groups is 2. The molecule has 3 aromatic heterocycles. The van der Waals surface area contributed by atoms with E-state index in [0.717, 1.165) is 5.56 Å². The number of hydrogen-bond donors (Lipinski definition) is 1. The molecule has 0 fully saturated rings. The first kappa shape index (κ1) is 19.1. The predicted octanol–water partition coefficient (Wildman–Crippen LogP) is 2.94.